The average Bonchev–Trinajstić information content (AvgIpc) is 4.08. The van der Waals surface area contributed by atoms with Crippen molar-refractivity contribution in [2.24, 2.45) is 0 Å². The molecule has 80 heavy (non-hydrogen) atoms. The second-order valence-electron chi connectivity index (χ2n) is 31.0. The molecule has 5 heterocycles. The summed E-state index contributed by atoms with van der Waals surface area (Å²) in [5, 5.41) is 8.15. The van der Waals surface area contributed by atoms with Gasteiger partial charge in [0.1, 0.15) is 0 Å². The first-order chi connectivity index (χ1) is 37.5. The maximum Gasteiger partial charge on any atom is 0.252 e. The molecule has 2 nitrogen and oxygen atoms in total. The SMILES string of the molecule is CC(C)(C)c1ccc2c(c1)c1cc(C(C)(C)C)cc3c1n2-c1c(-c2ccc(C(C)(C)C)c4cccc(C(C)(C)C)c24)cc2c4c1B3c1cc(C(C)(C)C)cc3c5cc(C(C)(C)C)cc(c5n-4c13)C21c2ccccc2-c2ccccc21. The first-order valence-corrected chi connectivity index (χ1v) is 29.8. The summed E-state index contributed by atoms with van der Waals surface area (Å²) in [5.41, 5.74) is 30.2. The van der Waals surface area contributed by atoms with Crippen LogP contribution in [-0.4, -0.2) is 15.8 Å². The molecule has 9 aromatic carbocycles. The number of hydrogen-bond donors (Lipinski definition) is 0. The molecule has 1 aliphatic carbocycles. The Hall–Kier alpha value is -7.10. The van der Waals surface area contributed by atoms with E-state index in [1.165, 1.54) is 160 Å². The third-order valence-corrected chi connectivity index (χ3v) is 19.7. The summed E-state index contributed by atoms with van der Waals surface area (Å²) in [7, 11) is 0. The molecule has 0 N–H and O–H groups in total. The Kier molecular flexibility index (Phi) is 9.52. The molecule has 0 amide bonds. The molecule has 3 aliphatic heterocycles. The van der Waals surface area contributed by atoms with Crippen molar-refractivity contribution in [3.8, 4) is 33.6 Å². The van der Waals surface area contributed by atoms with Crippen molar-refractivity contribution < 1.29 is 0 Å². The van der Waals surface area contributed by atoms with Gasteiger partial charge in [-0.3, -0.25) is 0 Å². The van der Waals surface area contributed by atoms with Crippen LogP contribution in [-0.2, 0) is 37.9 Å². The fraction of sp³-hybridized carbons (Fsp3) is 0.325. The van der Waals surface area contributed by atoms with Crippen molar-refractivity contribution in [3.63, 3.8) is 0 Å². The molecule has 4 aliphatic rings. The normalized spacial score (nSPS) is 15.2. The number of rotatable bonds is 1. The van der Waals surface area contributed by atoms with Crippen LogP contribution in [0, 0.1) is 0 Å². The van der Waals surface area contributed by atoms with Gasteiger partial charge >= 0.3 is 0 Å². The third-order valence-electron chi connectivity index (χ3n) is 19.7. The fourth-order valence-electron chi connectivity index (χ4n) is 15.7. The highest BCUT2D eigenvalue weighted by molar-refractivity contribution is 7.00. The highest BCUT2D eigenvalue weighted by atomic mass is 15.1. The lowest BCUT2D eigenvalue weighted by molar-refractivity contribution is 0.588. The van der Waals surface area contributed by atoms with Crippen molar-refractivity contribution in [2.75, 3.05) is 0 Å². The van der Waals surface area contributed by atoms with E-state index in [4.69, 9.17) is 0 Å². The van der Waals surface area contributed by atoms with Crippen LogP contribution in [0.15, 0.2) is 140 Å². The lowest BCUT2D eigenvalue weighted by Crippen LogP contribution is -2.61. The van der Waals surface area contributed by atoms with Crippen molar-refractivity contribution in [2.45, 2.75) is 163 Å². The molecule has 0 unspecified atom stereocenters. The predicted molar refractivity (Wildman–Crippen MR) is 346 cm³/mol. The van der Waals surface area contributed by atoms with E-state index in [2.05, 4.69) is 273 Å². The third kappa shape index (κ3) is 6.28. The summed E-state index contributed by atoms with van der Waals surface area (Å²) in [5.74, 6) is 0. The topological polar surface area (TPSA) is 9.86 Å². The van der Waals surface area contributed by atoms with Gasteiger partial charge in [-0.15, -0.1) is 0 Å². The molecule has 3 heteroatoms. The first-order valence-electron chi connectivity index (χ1n) is 29.8. The molecular weight excluding hydrogens is 964 g/mol. The maximum atomic E-state index is 2.83. The van der Waals surface area contributed by atoms with Crippen molar-refractivity contribution in [3.05, 3.63) is 195 Å². The van der Waals surface area contributed by atoms with Crippen LogP contribution < -0.4 is 16.4 Å². The number of aromatic nitrogens is 2. The van der Waals surface area contributed by atoms with Gasteiger partial charge in [-0.05, 0) is 168 Å². The minimum atomic E-state index is -0.650. The molecule has 1 spiro atoms. The largest absolute Gasteiger partial charge is 0.310 e. The standard InChI is InChI=1S/C77H77BN2/c1-71(2,3)42-30-33-63-50(34-42)51-36-44(73(7,8)9)39-61-67(51)79(63)69-54(48-31-32-55(75(13,14)15)49-26-23-29-58(64(48)49)76(16,17)18)41-60-70-65(69)78(61)62-40-45(74(10,11)12)37-53-52-35-43(72(4,5)6)38-59(66(52)80(70)68(53)62)77(60)56-27-21-19-24-46(56)47-25-20-22-28-57(47)77/h19-41H,1-18H3. The van der Waals surface area contributed by atoms with Crippen LogP contribution in [0.25, 0.3) is 88.0 Å². The van der Waals surface area contributed by atoms with Gasteiger partial charge < -0.3 is 9.13 Å². The Labute approximate surface area is 475 Å². The Morgan fingerprint density at radius 3 is 1.40 bits per heavy atom. The zero-order chi connectivity index (χ0) is 56.2. The number of fused-ring (bicyclic) bond motifs is 15. The molecule has 0 atom stereocenters. The minimum Gasteiger partial charge on any atom is -0.310 e. The van der Waals surface area contributed by atoms with Crippen molar-refractivity contribution >= 4 is 77.5 Å². The maximum absolute atomic E-state index is 2.83. The minimum absolute atomic E-state index is 0.0335. The van der Waals surface area contributed by atoms with E-state index in [0.29, 0.717) is 0 Å². The van der Waals surface area contributed by atoms with E-state index in [1.807, 2.05) is 0 Å². The van der Waals surface area contributed by atoms with Gasteiger partial charge in [-0.25, -0.2) is 0 Å². The lowest BCUT2D eigenvalue weighted by Gasteiger charge is -2.45. The lowest BCUT2D eigenvalue weighted by atomic mass is 9.33. The molecule has 15 rings (SSSR count). The predicted octanol–water partition coefficient (Wildman–Crippen LogP) is 18.3. The van der Waals surface area contributed by atoms with Crippen LogP contribution >= 0.6 is 0 Å². The zero-order valence-electron chi connectivity index (χ0n) is 50.8. The average molecular weight is 1040 g/mol. The molecule has 0 saturated heterocycles. The number of nitrogens with zero attached hydrogens (tertiary/aromatic N) is 2. The molecule has 0 radical (unpaired) electrons. The number of benzene rings is 9. The molecule has 11 aromatic rings. The second-order valence-corrected chi connectivity index (χ2v) is 31.0. The van der Waals surface area contributed by atoms with Crippen molar-refractivity contribution in [1.29, 1.82) is 0 Å². The summed E-state index contributed by atoms with van der Waals surface area (Å²) < 4.78 is 5.62. The molecule has 0 saturated carbocycles. The monoisotopic (exact) mass is 1040 g/mol. The summed E-state index contributed by atoms with van der Waals surface area (Å²) in [6, 6.07) is 57.2. The second kappa shape index (κ2) is 15.3. The van der Waals surface area contributed by atoms with Crippen LogP contribution in [0.1, 0.15) is 180 Å². The van der Waals surface area contributed by atoms with Gasteiger partial charge in [0, 0.05) is 43.8 Å². The van der Waals surface area contributed by atoms with E-state index in [0.717, 1.165) is 0 Å². The Morgan fingerprint density at radius 2 is 0.838 bits per heavy atom. The highest BCUT2D eigenvalue weighted by Gasteiger charge is 2.55. The summed E-state index contributed by atoms with van der Waals surface area (Å²) in [6.07, 6.45) is 0. The summed E-state index contributed by atoms with van der Waals surface area (Å²) in [6.45, 7) is 43.3. The zero-order valence-corrected chi connectivity index (χ0v) is 50.8. The van der Waals surface area contributed by atoms with Crippen LogP contribution in [0.3, 0.4) is 0 Å². The summed E-state index contributed by atoms with van der Waals surface area (Å²) in [4.78, 5) is 0. The van der Waals surface area contributed by atoms with E-state index in [9.17, 15) is 0 Å². The summed E-state index contributed by atoms with van der Waals surface area (Å²) >= 11 is 0. The smallest absolute Gasteiger partial charge is 0.252 e. The van der Waals surface area contributed by atoms with Crippen LogP contribution in [0.4, 0.5) is 0 Å². The highest BCUT2D eigenvalue weighted by Crippen LogP contribution is 2.63. The number of hydrogen-bond acceptors (Lipinski definition) is 0. The van der Waals surface area contributed by atoms with Gasteiger partial charge in [0.15, 0.2) is 0 Å². The Balaban J connectivity index is 1.28. The van der Waals surface area contributed by atoms with E-state index < -0.39 is 5.41 Å². The first kappa shape index (κ1) is 49.9. The quantitative estimate of drug-likeness (QED) is 0.145. The van der Waals surface area contributed by atoms with Crippen LogP contribution in [0.2, 0.25) is 0 Å². The fourth-order valence-corrected chi connectivity index (χ4v) is 15.7. The van der Waals surface area contributed by atoms with Gasteiger partial charge in [0.2, 0.25) is 0 Å². The van der Waals surface area contributed by atoms with Gasteiger partial charge in [-0.1, -0.05) is 228 Å². The molecule has 0 fully saturated rings. The van der Waals surface area contributed by atoms with E-state index in [1.54, 1.807) is 0 Å². The van der Waals surface area contributed by atoms with Crippen LogP contribution in [0.5, 0.6) is 0 Å². The molecule has 2 aromatic heterocycles. The molecule has 398 valence electrons. The van der Waals surface area contributed by atoms with Gasteiger partial charge in [0.05, 0.1) is 22.1 Å². The molecule has 0 bridgehead atoms. The van der Waals surface area contributed by atoms with Gasteiger partial charge in [-0.2, -0.15) is 0 Å². The van der Waals surface area contributed by atoms with Gasteiger partial charge in [0.25, 0.3) is 6.71 Å². The molecular formula is C77H77BN2. The van der Waals surface area contributed by atoms with E-state index in [-0.39, 0.29) is 39.2 Å². The van der Waals surface area contributed by atoms with E-state index >= 15 is 0 Å². The van der Waals surface area contributed by atoms with Crippen molar-refractivity contribution in [1.82, 2.24) is 9.13 Å². The Bertz CT molecular complexity index is 4590. The Morgan fingerprint density at radius 1 is 0.325 bits per heavy atom.